The van der Waals surface area contributed by atoms with Crippen molar-refractivity contribution in [2.75, 3.05) is 26.3 Å². The summed E-state index contributed by atoms with van der Waals surface area (Å²) in [5, 5.41) is 1.15. The number of ether oxygens (including phenoxy) is 1. The summed E-state index contributed by atoms with van der Waals surface area (Å²) in [5.41, 5.74) is 4.61. The van der Waals surface area contributed by atoms with Gasteiger partial charge in [0.15, 0.2) is 0 Å². The number of rotatable bonds is 3. The summed E-state index contributed by atoms with van der Waals surface area (Å²) in [6, 6.07) is 14.9. The van der Waals surface area contributed by atoms with Crippen molar-refractivity contribution >= 4 is 11.0 Å². The number of H-pyrrole nitrogens is 1. The molecule has 1 fully saturated rings. The highest BCUT2D eigenvalue weighted by Crippen LogP contribution is 2.24. The minimum Gasteiger partial charge on any atom is -0.379 e. The molecule has 0 bridgehead atoms. The molecule has 0 radical (unpaired) electrons. The third kappa shape index (κ3) is 2.75. The van der Waals surface area contributed by atoms with Gasteiger partial charge < -0.3 is 9.72 Å². The minimum absolute atomic E-state index is 0.841. The van der Waals surface area contributed by atoms with Crippen LogP contribution in [0.5, 0.6) is 0 Å². The van der Waals surface area contributed by atoms with Gasteiger partial charge in [0.2, 0.25) is 0 Å². The Balaban J connectivity index is 1.60. The fraction of sp³-hybridized carbons (Fsp3) is 0.278. The highest BCUT2D eigenvalue weighted by Gasteiger charge is 2.11. The number of aromatic nitrogens is 2. The number of nitrogens with zero attached hydrogens (tertiary/aromatic N) is 2. The van der Waals surface area contributed by atoms with Gasteiger partial charge in [0.05, 0.1) is 13.2 Å². The van der Waals surface area contributed by atoms with E-state index in [9.17, 15) is 0 Å². The first-order valence-electron chi connectivity index (χ1n) is 7.72. The Labute approximate surface area is 129 Å². The van der Waals surface area contributed by atoms with Crippen molar-refractivity contribution in [1.29, 1.82) is 0 Å². The summed E-state index contributed by atoms with van der Waals surface area (Å²) >= 11 is 0. The van der Waals surface area contributed by atoms with E-state index in [0.29, 0.717) is 0 Å². The molecule has 1 aliphatic rings. The Morgan fingerprint density at radius 3 is 2.86 bits per heavy atom. The van der Waals surface area contributed by atoms with Gasteiger partial charge in [-0.15, -0.1) is 0 Å². The maximum Gasteiger partial charge on any atom is 0.137 e. The fourth-order valence-electron chi connectivity index (χ4n) is 2.97. The first kappa shape index (κ1) is 13.5. The van der Waals surface area contributed by atoms with Crippen molar-refractivity contribution in [3.8, 4) is 11.3 Å². The predicted octanol–water partition coefficient (Wildman–Crippen LogP) is 3.06. The second-order valence-corrected chi connectivity index (χ2v) is 5.71. The van der Waals surface area contributed by atoms with E-state index in [1.54, 1.807) is 0 Å². The molecule has 3 heterocycles. The van der Waals surface area contributed by atoms with Gasteiger partial charge in [-0.3, -0.25) is 4.90 Å². The quantitative estimate of drug-likeness (QED) is 0.807. The molecule has 4 rings (SSSR count). The maximum absolute atomic E-state index is 5.41. The lowest BCUT2D eigenvalue weighted by atomic mass is 10.1. The Hall–Kier alpha value is -2.17. The average molecular weight is 293 g/mol. The maximum atomic E-state index is 5.41. The van der Waals surface area contributed by atoms with Crippen LogP contribution in [0.2, 0.25) is 0 Å². The van der Waals surface area contributed by atoms with Gasteiger partial charge in [-0.25, -0.2) is 4.98 Å². The monoisotopic (exact) mass is 293 g/mol. The first-order chi connectivity index (χ1) is 10.9. The number of aromatic amines is 1. The van der Waals surface area contributed by atoms with Crippen LogP contribution in [0.4, 0.5) is 0 Å². The molecule has 0 aliphatic carbocycles. The van der Waals surface area contributed by atoms with E-state index in [4.69, 9.17) is 4.74 Å². The van der Waals surface area contributed by atoms with Crippen LogP contribution in [0.1, 0.15) is 5.56 Å². The molecule has 4 heteroatoms. The largest absolute Gasteiger partial charge is 0.379 e. The normalized spacial score (nSPS) is 16.2. The lowest BCUT2D eigenvalue weighted by Crippen LogP contribution is -2.35. The minimum atomic E-state index is 0.841. The highest BCUT2D eigenvalue weighted by molar-refractivity contribution is 5.82. The summed E-state index contributed by atoms with van der Waals surface area (Å²) < 4.78 is 5.41. The van der Waals surface area contributed by atoms with E-state index in [-0.39, 0.29) is 0 Å². The Bertz CT molecular complexity index is 742. The number of hydrogen-bond donors (Lipinski definition) is 1. The van der Waals surface area contributed by atoms with Crippen molar-refractivity contribution in [2.24, 2.45) is 0 Å². The molecule has 4 nitrogen and oxygen atoms in total. The molecule has 0 spiro atoms. The summed E-state index contributed by atoms with van der Waals surface area (Å²) in [7, 11) is 0. The molecule has 112 valence electrons. The summed E-state index contributed by atoms with van der Waals surface area (Å²) in [4.78, 5) is 10.2. The van der Waals surface area contributed by atoms with E-state index >= 15 is 0 Å². The molecule has 22 heavy (non-hydrogen) atoms. The van der Waals surface area contributed by atoms with Crippen LogP contribution in [0.15, 0.2) is 48.7 Å². The number of benzene rings is 1. The zero-order valence-electron chi connectivity index (χ0n) is 12.5. The second-order valence-electron chi connectivity index (χ2n) is 5.71. The molecular formula is C18H19N3O. The number of morpholine rings is 1. The Morgan fingerprint density at radius 2 is 2.00 bits per heavy atom. The summed E-state index contributed by atoms with van der Waals surface area (Å²) in [5.74, 6) is 0. The lowest BCUT2D eigenvalue weighted by molar-refractivity contribution is 0.0342. The topological polar surface area (TPSA) is 41.1 Å². The Morgan fingerprint density at radius 1 is 1.09 bits per heavy atom. The van der Waals surface area contributed by atoms with Gasteiger partial charge in [-0.2, -0.15) is 0 Å². The standard InChI is InChI=1S/C18H19N3O/c1-3-14(13-21-7-9-22-10-8-21)11-15(4-1)17-12-16-5-2-6-19-18(16)20-17/h1-6,11-12H,7-10,13H2,(H,19,20). The summed E-state index contributed by atoms with van der Waals surface area (Å²) in [6.45, 7) is 4.69. The van der Waals surface area contributed by atoms with Crippen molar-refractivity contribution in [3.05, 3.63) is 54.2 Å². The average Bonchev–Trinajstić information content (AvgIpc) is 3.00. The Kier molecular flexibility index (Phi) is 3.62. The van der Waals surface area contributed by atoms with E-state index < -0.39 is 0 Å². The van der Waals surface area contributed by atoms with Gasteiger partial charge in [0.1, 0.15) is 5.65 Å². The van der Waals surface area contributed by atoms with Gasteiger partial charge in [-0.1, -0.05) is 18.2 Å². The smallest absolute Gasteiger partial charge is 0.137 e. The molecular weight excluding hydrogens is 274 g/mol. The molecule has 0 unspecified atom stereocenters. The SMILES string of the molecule is c1cc(CN2CCOCC2)cc(-c2cc3cccnc3[nH]2)c1. The van der Waals surface area contributed by atoms with Crippen molar-refractivity contribution in [1.82, 2.24) is 14.9 Å². The molecule has 1 N–H and O–H groups in total. The predicted molar refractivity (Wildman–Crippen MR) is 87.6 cm³/mol. The molecule has 1 aliphatic heterocycles. The number of pyridine rings is 1. The van der Waals surface area contributed by atoms with Crippen LogP contribution < -0.4 is 0 Å². The zero-order chi connectivity index (χ0) is 14.8. The van der Waals surface area contributed by atoms with Crippen LogP contribution in [-0.2, 0) is 11.3 Å². The summed E-state index contributed by atoms with van der Waals surface area (Å²) in [6.07, 6.45) is 1.82. The van der Waals surface area contributed by atoms with Crippen LogP contribution >= 0.6 is 0 Å². The van der Waals surface area contributed by atoms with Gasteiger partial charge >= 0.3 is 0 Å². The number of fused-ring (bicyclic) bond motifs is 1. The van der Waals surface area contributed by atoms with Gasteiger partial charge in [0, 0.05) is 36.9 Å². The van der Waals surface area contributed by atoms with Crippen molar-refractivity contribution in [3.63, 3.8) is 0 Å². The molecule has 3 aromatic rings. The van der Waals surface area contributed by atoms with Gasteiger partial charge in [0.25, 0.3) is 0 Å². The van der Waals surface area contributed by atoms with Crippen LogP contribution in [0.3, 0.4) is 0 Å². The lowest BCUT2D eigenvalue weighted by Gasteiger charge is -2.26. The highest BCUT2D eigenvalue weighted by atomic mass is 16.5. The first-order valence-corrected chi connectivity index (χ1v) is 7.72. The van der Waals surface area contributed by atoms with Crippen molar-refractivity contribution < 1.29 is 4.74 Å². The van der Waals surface area contributed by atoms with Crippen LogP contribution in [-0.4, -0.2) is 41.2 Å². The van der Waals surface area contributed by atoms with Crippen LogP contribution in [0, 0.1) is 0 Å². The van der Waals surface area contributed by atoms with E-state index in [1.807, 2.05) is 12.3 Å². The third-order valence-electron chi connectivity index (χ3n) is 4.14. The zero-order valence-corrected chi connectivity index (χ0v) is 12.5. The van der Waals surface area contributed by atoms with E-state index in [2.05, 4.69) is 51.3 Å². The molecule has 1 saturated heterocycles. The molecule has 0 amide bonds. The number of nitrogens with one attached hydrogen (secondary N) is 1. The molecule has 0 saturated carbocycles. The van der Waals surface area contributed by atoms with Crippen LogP contribution in [0.25, 0.3) is 22.3 Å². The van der Waals surface area contributed by atoms with Crippen molar-refractivity contribution in [2.45, 2.75) is 6.54 Å². The molecule has 0 atom stereocenters. The molecule has 2 aromatic heterocycles. The molecule has 1 aromatic carbocycles. The number of hydrogen-bond acceptors (Lipinski definition) is 3. The van der Waals surface area contributed by atoms with E-state index in [1.165, 1.54) is 11.1 Å². The van der Waals surface area contributed by atoms with Gasteiger partial charge in [-0.05, 0) is 35.4 Å². The second kappa shape index (κ2) is 5.91. The van der Waals surface area contributed by atoms with E-state index in [0.717, 1.165) is 49.6 Å². The fourth-order valence-corrected chi connectivity index (χ4v) is 2.97. The third-order valence-corrected chi connectivity index (χ3v) is 4.14.